The molecule has 0 spiro atoms. The van der Waals surface area contributed by atoms with Gasteiger partial charge in [0.25, 0.3) is 5.56 Å². The number of esters is 1. The number of nitrogens with one attached hydrogen (secondary N) is 1. The number of aromatic nitrogens is 2. The first-order valence-electron chi connectivity index (χ1n) is 12.9. The number of benzene rings is 4. The number of carbonyl (C=O) groups excluding carboxylic acids is 1. The van der Waals surface area contributed by atoms with Crippen molar-refractivity contribution in [3.8, 4) is 44.9 Å². The molecule has 7 heteroatoms. The van der Waals surface area contributed by atoms with Crippen LogP contribution in [0.4, 0.5) is 0 Å². The minimum Gasteiger partial charge on any atom is -0.507 e. The van der Waals surface area contributed by atoms with Gasteiger partial charge in [0, 0.05) is 28.4 Å². The Hall–Kier alpha value is -5.20. The highest BCUT2D eigenvalue weighted by Gasteiger charge is 2.14. The molecule has 0 saturated carbocycles. The maximum atomic E-state index is 13.1. The summed E-state index contributed by atoms with van der Waals surface area (Å²) in [6.45, 7) is 0. The van der Waals surface area contributed by atoms with E-state index in [9.17, 15) is 14.7 Å². The van der Waals surface area contributed by atoms with E-state index in [-0.39, 0.29) is 17.7 Å². The highest BCUT2D eigenvalue weighted by Crippen LogP contribution is 2.37. The van der Waals surface area contributed by atoms with E-state index in [2.05, 4.69) is 9.97 Å². The topological polar surface area (TPSA) is 92.3 Å². The van der Waals surface area contributed by atoms with Crippen LogP contribution in [0.15, 0.2) is 120 Å². The summed E-state index contributed by atoms with van der Waals surface area (Å²) in [4.78, 5) is 32.4. The Bertz CT molecular complexity index is 1950. The molecule has 0 saturated heterocycles. The van der Waals surface area contributed by atoms with E-state index >= 15 is 0 Å². The molecule has 0 aliphatic carbocycles. The van der Waals surface area contributed by atoms with Crippen LogP contribution in [0, 0.1) is 0 Å². The Balaban J connectivity index is 1.32. The number of ether oxygens (including phenoxy) is 1. The molecule has 4 aromatic carbocycles. The van der Waals surface area contributed by atoms with E-state index in [1.165, 1.54) is 6.20 Å². The van der Waals surface area contributed by atoms with Crippen LogP contribution in [0.3, 0.4) is 0 Å². The second-order valence-corrected chi connectivity index (χ2v) is 9.98. The molecule has 0 atom stereocenters. The van der Waals surface area contributed by atoms with Crippen molar-refractivity contribution in [1.29, 1.82) is 0 Å². The number of halogens is 1. The number of hydrogen-bond donors (Lipinski definition) is 2. The molecule has 200 valence electrons. The number of phenols is 1. The molecule has 6 nitrogen and oxygen atoms in total. The van der Waals surface area contributed by atoms with Gasteiger partial charge in [0.05, 0.1) is 17.6 Å². The van der Waals surface area contributed by atoms with Crippen LogP contribution < -0.4 is 10.3 Å². The number of pyridine rings is 2. The Morgan fingerprint density at radius 2 is 1.59 bits per heavy atom. The Kier molecular flexibility index (Phi) is 7.06. The summed E-state index contributed by atoms with van der Waals surface area (Å²) in [5.74, 6) is 0.0893. The van der Waals surface area contributed by atoms with Crippen molar-refractivity contribution in [2.45, 2.75) is 6.42 Å². The van der Waals surface area contributed by atoms with Gasteiger partial charge in [-0.2, -0.15) is 0 Å². The van der Waals surface area contributed by atoms with Crippen LogP contribution in [0.1, 0.15) is 5.56 Å². The van der Waals surface area contributed by atoms with Gasteiger partial charge in [-0.05, 0) is 64.0 Å². The number of aromatic amines is 1. The van der Waals surface area contributed by atoms with Crippen molar-refractivity contribution in [3.63, 3.8) is 0 Å². The summed E-state index contributed by atoms with van der Waals surface area (Å²) in [6, 6.07) is 31.1. The monoisotopic (exact) mass is 558 g/mol. The number of phenolic OH excluding ortho intramolecular Hbond substituents is 1. The van der Waals surface area contributed by atoms with Gasteiger partial charge in [-0.3, -0.25) is 14.6 Å². The third-order valence-corrected chi connectivity index (χ3v) is 7.09. The van der Waals surface area contributed by atoms with Crippen LogP contribution in [-0.4, -0.2) is 21.0 Å². The number of rotatable bonds is 6. The van der Waals surface area contributed by atoms with Gasteiger partial charge in [-0.25, -0.2) is 0 Å². The number of nitrogens with zero attached hydrogens (tertiary/aromatic N) is 1. The summed E-state index contributed by atoms with van der Waals surface area (Å²) >= 11 is 6.63. The molecule has 0 amide bonds. The quantitative estimate of drug-likeness (QED) is 0.207. The first-order chi connectivity index (χ1) is 19.9. The van der Waals surface area contributed by atoms with Crippen molar-refractivity contribution >= 4 is 28.5 Å². The van der Waals surface area contributed by atoms with E-state index < -0.39 is 5.97 Å². The lowest BCUT2D eigenvalue weighted by atomic mass is 9.97. The molecule has 0 aliphatic heterocycles. The normalized spacial score (nSPS) is 11.0. The molecule has 2 N–H and O–H groups in total. The third kappa shape index (κ3) is 5.60. The molecule has 0 radical (unpaired) electrons. The summed E-state index contributed by atoms with van der Waals surface area (Å²) < 4.78 is 5.35. The van der Waals surface area contributed by atoms with Crippen molar-refractivity contribution in [2.24, 2.45) is 0 Å². The molecule has 0 fully saturated rings. The van der Waals surface area contributed by atoms with E-state index in [0.29, 0.717) is 33.0 Å². The standard InChI is InChI=1S/C34H23ClN2O4/c35-30-19-31-25(16-28(30)24-11-12-27(32(38)18-24)22-7-2-1-3-8-22)17-29(34(40)37-31)23-9-4-6-21(14-23)15-33(39)41-26-10-5-13-36-20-26/h1-14,16-20,38H,15H2,(H,37,40). The summed E-state index contributed by atoms with van der Waals surface area (Å²) in [7, 11) is 0. The number of carbonyl (C=O) groups is 1. The largest absolute Gasteiger partial charge is 0.507 e. The van der Waals surface area contributed by atoms with Crippen molar-refractivity contribution in [3.05, 3.63) is 136 Å². The number of hydrogen-bond acceptors (Lipinski definition) is 5. The summed E-state index contributed by atoms with van der Waals surface area (Å²) in [5, 5.41) is 12.0. The lowest BCUT2D eigenvalue weighted by molar-refractivity contribution is -0.133. The van der Waals surface area contributed by atoms with E-state index in [0.717, 1.165) is 27.6 Å². The number of fused-ring (bicyclic) bond motifs is 1. The predicted molar refractivity (Wildman–Crippen MR) is 161 cm³/mol. The molecule has 6 aromatic rings. The molecule has 0 unspecified atom stereocenters. The van der Waals surface area contributed by atoms with Crippen LogP contribution in [0.2, 0.25) is 5.02 Å². The van der Waals surface area contributed by atoms with Gasteiger partial charge in [0.2, 0.25) is 0 Å². The minimum atomic E-state index is -0.427. The van der Waals surface area contributed by atoms with Gasteiger partial charge in [0.15, 0.2) is 0 Å². The fourth-order valence-corrected chi connectivity index (χ4v) is 5.09. The van der Waals surface area contributed by atoms with E-state index in [4.69, 9.17) is 16.3 Å². The van der Waals surface area contributed by atoms with Crippen molar-refractivity contribution in [1.82, 2.24) is 9.97 Å². The molecule has 0 bridgehead atoms. The first-order valence-corrected chi connectivity index (χ1v) is 13.3. The van der Waals surface area contributed by atoms with Gasteiger partial charge in [-0.15, -0.1) is 0 Å². The van der Waals surface area contributed by atoms with Gasteiger partial charge in [-0.1, -0.05) is 78.3 Å². The molecule has 2 heterocycles. The zero-order chi connectivity index (χ0) is 28.3. The Morgan fingerprint density at radius 1 is 0.805 bits per heavy atom. The average molecular weight is 559 g/mol. The SMILES string of the molecule is O=C(Cc1cccc(-c2cc3cc(-c4ccc(-c5ccccc5)c(O)c4)c(Cl)cc3[nH]c2=O)c1)Oc1cccnc1. The van der Waals surface area contributed by atoms with Crippen LogP contribution in [-0.2, 0) is 11.2 Å². The molecule has 0 aliphatic rings. The Morgan fingerprint density at radius 3 is 2.37 bits per heavy atom. The highest BCUT2D eigenvalue weighted by molar-refractivity contribution is 6.34. The minimum absolute atomic E-state index is 0.0381. The fourth-order valence-electron chi connectivity index (χ4n) is 4.82. The molecule has 6 rings (SSSR count). The van der Waals surface area contributed by atoms with Gasteiger partial charge in [0.1, 0.15) is 11.5 Å². The average Bonchev–Trinajstić information content (AvgIpc) is 2.97. The number of H-pyrrole nitrogens is 1. The zero-order valence-electron chi connectivity index (χ0n) is 21.7. The maximum Gasteiger partial charge on any atom is 0.315 e. The number of aromatic hydroxyl groups is 1. The van der Waals surface area contributed by atoms with Crippen molar-refractivity contribution in [2.75, 3.05) is 0 Å². The van der Waals surface area contributed by atoms with Gasteiger partial charge >= 0.3 is 5.97 Å². The second kappa shape index (κ2) is 11.1. The van der Waals surface area contributed by atoms with Gasteiger partial charge < -0.3 is 14.8 Å². The van der Waals surface area contributed by atoms with E-state index in [1.54, 1.807) is 48.7 Å². The molecular formula is C34H23ClN2O4. The van der Waals surface area contributed by atoms with E-state index in [1.807, 2.05) is 60.7 Å². The lowest BCUT2D eigenvalue weighted by Crippen LogP contribution is -2.12. The van der Waals surface area contributed by atoms with Crippen LogP contribution >= 0.6 is 11.6 Å². The lowest BCUT2D eigenvalue weighted by Gasteiger charge is -2.12. The highest BCUT2D eigenvalue weighted by atomic mass is 35.5. The summed E-state index contributed by atoms with van der Waals surface area (Å²) in [5.41, 5.74) is 5.25. The smallest absolute Gasteiger partial charge is 0.315 e. The maximum absolute atomic E-state index is 13.1. The predicted octanol–water partition coefficient (Wildman–Crippen LogP) is 7.43. The second-order valence-electron chi connectivity index (χ2n) is 9.57. The molecule has 41 heavy (non-hydrogen) atoms. The Labute approximate surface area is 240 Å². The zero-order valence-corrected chi connectivity index (χ0v) is 22.4. The van der Waals surface area contributed by atoms with Crippen molar-refractivity contribution < 1.29 is 14.6 Å². The summed E-state index contributed by atoms with van der Waals surface area (Å²) in [6.07, 6.45) is 3.11. The molecular weight excluding hydrogens is 536 g/mol. The fraction of sp³-hybridized carbons (Fsp3) is 0.0294. The first kappa shape index (κ1) is 26.0. The third-order valence-electron chi connectivity index (χ3n) is 6.78. The van der Waals surface area contributed by atoms with Crippen LogP contribution in [0.25, 0.3) is 44.3 Å². The van der Waals surface area contributed by atoms with Crippen LogP contribution in [0.5, 0.6) is 11.5 Å². The molecule has 2 aromatic heterocycles.